The van der Waals surface area contributed by atoms with Crippen molar-refractivity contribution in [2.75, 3.05) is 5.32 Å². The molecule has 1 aromatic carbocycles. The van der Waals surface area contributed by atoms with Crippen LogP contribution in [-0.4, -0.2) is 0 Å². The Bertz CT molecular complexity index is 451. The molecule has 2 aromatic rings. The molecule has 0 unspecified atom stereocenters. The number of aryl methyl sites for hydroxylation is 1. The zero-order chi connectivity index (χ0) is 11.4. The van der Waals surface area contributed by atoms with E-state index >= 15 is 0 Å². The topological polar surface area (TPSA) is 25.2 Å². The molecule has 0 bridgehead atoms. The molecule has 0 saturated carbocycles. The van der Waals surface area contributed by atoms with Gasteiger partial charge in [-0.25, -0.2) is 4.39 Å². The number of nitrogens with one attached hydrogen (secondary N) is 1. The maximum absolute atomic E-state index is 13.5. The first-order chi connectivity index (χ1) is 7.79. The number of hydrogen-bond acceptors (Lipinski definition) is 2. The van der Waals surface area contributed by atoms with E-state index in [0.29, 0.717) is 13.0 Å². The molecule has 0 fully saturated rings. The highest BCUT2D eigenvalue weighted by molar-refractivity contribution is 5.45. The van der Waals surface area contributed by atoms with Crippen LogP contribution in [0.25, 0.3) is 0 Å². The Morgan fingerprint density at radius 2 is 2.19 bits per heavy atom. The average Bonchev–Trinajstić information content (AvgIpc) is 2.79. The van der Waals surface area contributed by atoms with Crippen molar-refractivity contribution in [3.8, 4) is 0 Å². The summed E-state index contributed by atoms with van der Waals surface area (Å²) < 4.78 is 18.6. The highest BCUT2D eigenvalue weighted by Crippen LogP contribution is 2.15. The predicted octanol–water partition coefficient (Wildman–Crippen LogP) is 3.59. The molecule has 0 atom stereocenters. The minimum absolute atomic E-state index is 0.160. The second-order valence-corrected chi connectivity index (χ2v) is 3.59. The second-order valence-electron chi connectivity index (χ2n) is 3.59. The van der Waals surface area contributed by atoms with E-state index in [9.17, 15) is 4.39 Å². The van der Waals surface area contributed by atoms with Crippen molar-refractivity contribution in [1.29, 1.82) is 0 Å². The summed E-state index contributed by atoms with van der Waals surface area (Å²) in [7, 11) is 0. The van der Waals surface area contributed by atoms with Crippen LogP contribution in [0.4, 0.5) is 10.1 Å². The highest BCUT2D eigenvalue weighted by atomic mass is 19.1. The molecule has 0 aliphatic carbocycles. The van der Waals surface area contributed by atoms with Gasteiger partial charge in [0.05, 0.1) is 12.8 Å². The molecule has 0 amide bonds. The number of rotatable bonds is 4. The molecule has 0 radical (unpaired) electrons. The maximum Gasteiger partial charge on any atom is 0.128 e. The van der Waals surface area contributed by atoms with Gasteiger partial charge in [0, 0.05) is 5.69 Å². The summed E-state index contributed by atoms with van der Waals surface area (Å²) in [5.74, 6) is 0.673. The van der Waals surface area contributed by atoms with Gasteiger partial charge < -0.3 is 9.73 Å². The summed E-state index contributed by atoms with van der Waals surface area (Å²) in [5, 5.41) is 3.11. The van der Waals surface area contributed by atoms with Gasteiger partial charge >= 0.3 is 0 Å². The van der Waals surface area contributed by atoms with Crippen molar-refractivity contribution in [3.63, 3.8) is 0 Å². The van der Waals surface area contributed by atoms with Crippen molar-refractivity contribution in [2.24, 2.45) is 0 Å². The van der Waals surface area contributed by atoms with Gasteiger partial charge in [-0.15, -0.1) is 0 Å². The van der Waals surface area contributed by atoms with Crippen LogP contribution >= 0.6 is 0 Å². The molecule has 84 valence electrons. The smallest absolute Gasteiger partial charge is 0.128 e. The molecular formula is C13H14FNO. The van der Waals surface area contributed by atoms with Crippen LogP contribution < -0.4 is 5.32 Å². The van der Waals surface area contributed by atoms with Crippen LogP contribution in [0.1, 0.15) is 18.2 Å². The first kappa shape index (κ1) is 10.7. The Kier molecular flexibility index (Phi) is 3.25. The summed E-state index contributed by atoms with van der Waals surface area (Å²) in [6.07, 6.45) is 2.34. The Morgan fingerprint density at radius 3 is 2.81 bits per heavy atom. The molecule has 2 nitrogen and oxygen atoms in total. The quantitative estimate of drug-likeness (QED) is 0.850. The van der Waals surface area contributed by atoms with Gasteiger partial charge in [0.25, 0.3) is 0 Å². The minimum atomic E-state index is -0.160. The first-order valence-corrected chi connectivity index (χ1v) is 5.34. The molecule has 1 aromatic heterocycles. The average molecular weight is 219 g/mol. The van der Waals surface area contributed by atoms with E-state index in [1.165, 1.54) is 6.07 Å². The summed E-state index contributed by atoms with van der Waals surface area (Å²) in [4.78, 5) is 0. The molecule has 1 N–H and O–H groups in total. The third kappa shape index (κ3) is 2.42. The number of halogens is 1. The third-order valence-electron chi connectivity index (χ3n) is 2.48. The van der Waals surface area contributed by atoms with Gasteiger partial charge in [-0.05, 0) is 36.2 Å². The van der Waals surface area contributed by atoms with Crippen LogP contribution in [0.3, 0.4) is 0 Å². The lowest BCUT2D eigenvalue weighted by Gasteiger charge is -2.06. The van der Waals surface area contributed by atoms with Gasteiger partial charge in [0.2, 0.25) is 0 Å². The van der Waals surface area contributed by atoms with Crippen molar-refractivity contribution in [1.82, 2.24) is 0 Å². The van der Waals surface area contributed by atoms with Crippen LogP contribution in [0.5, 0.6) is 0 Å². The first-order valence-electron chi connectivity index (χ1n) is 5.34. The third-order valence-corrected chi connectivity index (χ3v) is 2.48. The van der Waals surface area contributed by atoms with Crippen molar-refractivity contribution in [2.45, 2.75) is 19.9 Å². The van der Waals surface area contributed by atoms with Gasteiger partial charge in [0.1, 0.15) is 11.6 Å². The highest BCUT2D eigenvalue weighted by Gasteiger charge is 2.02. The van der Waals surface area contributed by atoms with Crippen LogP contribution in [0.2, 0.25) is 0 Å². The second kappa shape index (κ2) is 4.84. The molecule has 16 heavy (non-hydrogen) atoms. The van der Waals surface area contributed by atoms with Gasteiger partial charge in [0.15, 0.2) is 0 Å². The van der Waals surface area contributed by atoms with Gasteiger partial charge in [-0.2, -0.15) is 0 Å². The Hall–Kier alpha value is -1.77. The normalized spacial score (nSPS) is 10.4. The summed E-state index contributed by atoms with van der Waals surface area (Å²) in [5.41, 5.74) is 1.51. The fourth-order valence-electron chi connectivity index (χ4n) is 1.55. The van der Waals surface area contributed by atoms with Gasteiger partial charge in [-0.1, -0.05) is 13.0 Å². The standard InChI is InChI=1S/C13H14FNO/c1-2-10-5-6-11(8-13(10)14)15-9-12-4-3-7-16-12/h3-8,15H,2,9H2,1H3. The lowest BCUT2D eigenvalue weighted by Crippen LogP contribution is -1.99. The summed E-state index contributed by atoms with van der Waals surface area (Å²) in [6, 6.07) is 8.91. The largest absolute Gasteiger partial charge is 0.467 e. The van der Waals surface area contributed by atoms with E-state index in [2.05, 4.69) is 5.32 Å². The van der Waals surface area contributed by atoms with E-state index in [1.54, 1.807) is 12.3 Å². The van der Waals surface area contributed by atoms with Gasteiger partial charge in [-0.3, -0.25) is 0 Å². The Balaban J connectivity index is 2.02. The fourth-order valence-corrected chi connectivity index (χ4v) is 1.55. The molecule has 3 heteroatoms. The SMILES string of the molecule is CCc1ccc(NCc2ccco2)cc1F. The molecular weight excluding hydrogens is 205 g/mol. The molecule has 0 aliphatic rings. The number of furan rings is 1. The number of anilines is 1. The molecule has 0 spiro atoms. The number of benzene rings is 1. The zero-order valence-corrected chi connectivity index (χ0v) is 9.16. The van der Waals surface area contributed by atoms with Crippen molar-refractivity contribution < 1.29 is 8.81 Å². The van der Waals surface area contributed by atoms with E-state index in [0.717, 1.165) is 17.0 Å². The van der Waals surface area contributed by atoms with Crippen molar-refractivity contribution in [3.05, 3.63) is 53.7 Å². The molecule has 1 heterocycles. The van der Waals surface area contributed by atoms with E-state index < -0.39 is 0 Å². The Morgan fingerprint density at radius 1 is 1.31 bits per heavy atom. The van der Waals surface area contributed by atoms with E-state index in [-0.39, 0.29) is 5.82 Å². The lowest BCUT2D eigenvalue weighted by atomic mass is 10.1. The molecule has 2 rings (SSSR count). The molecule has 0 aliphatic heterocycles. The van der Waals surface area contributed by atoms with E-state index in [1.807, 2.05) is 25.1 Å². The van der Waals surface area contributed by atoms with E-state index in [4.69, 9.17) is 4.42 Å². The maximum atomic E-state index is 13.5. The zero-order valence-electron chi connectivity index (χ0n) is 9.16. The van der Waals surface area contributed by atoms with Crippen molar-refractivity contribution >= 4 is 5.69 Å². The number of hydrogen-bond donors (Lipinski definition) is 1. The Labute approximate surface area is 94.1 Å². The van der Waals surface area contributed by atoms with Crippen LogP contribution in [0.15, 0.2) is 41.0 Å². The van der Waals surface area contributed by atoms with Crippen LogP contribution in [-0.2, 0) is 13.0 Å². The fraction of sp³-hybridized carbons (Fsp3) is 0.231. The minimum Gasteiger partial charge on any atom is -0.467 e. The molecule has 0 saturated heterocycles. The monoisotopic (exact) mass is 219 g/mol. The summed E-state index contributed by atoms with van der Waals surface area (Å²) >= 11 is 0. The summed E-state index contributed by atoms with van der Waals surface area (Å²) in [6.45, 7) is 2.51. The van der Waals surface area contributed by atoms with Crippen LogP contribution in [0, 0.1) is 5.82 Å². The predicted molar refractivity (Wildman–Crippen MR) is 61.8 cm³/mol. The lowest BCUT2D eigenvalue weighted by molar-refractivity contribution is 0.518.